The lowest BCUT2D eigenvalue weighted by Crippen LogP contribution is -2.50. The highest BCUT2D eigenvalue weighted by atomic mass is 16.2. The number of ketones is 1. The predicted octanol–water partition coefficient (Wildman–Crippen LogP) is 1.68. The Morgan fingerprint density at radius 2 is 1.59 bits per heavy atom. The van der Waals surface area contributed by atoms with Gasteiger partial charge in [0.1, 0.15) is 6.04 Å². The number of primary amides is 1. The fourth-order valence-electron chi connectivity index (χ4n) is 2.85. The molecule has 1 unspecified atom stereocenters. The van der Waals surface area contributed by atoms with Crippen LogP contribution in [-0.4, -0.2) is 36.7 Å². The summed E-state index contributed by atoms with van der Waals surface area (Å²) >= 11 is 0. The third-order valence-electron chi connectivity index (χ3n) is 4.13. The molecule has 6 nitrogen and oxygen atoms in total. The smallest absolute Gasteiger partial charge is 0.287 e. The second kappa shape index (κ2) is 10.1. The van der Waals surface area contributed by atoms with Crippen molar-refractivity contribution in [2.75, 3.05) is 18.0 Å². The number of nitrogens with one attached hydrogen (secondary N) is 1. The van der Waals surface area contributed by atoms with E-state index >= 15 is 0 Å². The van der Waals surface area contributed by atoms with E-state index in [4.69, 9.17) is 5.73 Å². The first-order chi connectivity index (χ1) is 13.0. The summed E-state index contributed by atoms with van der Waals surface area (Å²) in [5.74, 6) is -2.18. The number of hydrogen-bond donors (Lipinski definition) is 2. The molecule has 6 heteroatoms. The van der Waals surface area contributed by atoms with Crippen LogP contribution in [0.5, 0.6) is 0 Å². The molecule has 0 aliphatic carbocycles. The third kappa shape index (κ3) is 6.26. The van der Waals surface area contributed by atoms with Crippen LogP contribution in [0, 0.1) is 0 Å². The summed E-state index contributed by atoms with van der Waals surface area (Å²) in [6.07, 6.45) is 1.09. The number of amides is 2. The molecule has 2 amide bonds. The summed E-state index contributed by atoms with van der Waals surface area (Å²) in [6, 6.07) is 17.8. The van der Waals surface area contributed by atoms with Crippen molar-refractivity contribution in [1.82, 2.24) is 5.32 Å². The van der Waals surface area contributed by atoms with Gasteiger partial charge in [0.15, 0.2) is 0 Å². The maximum atomic E-state index is 12.6. The molecule has 0 aliphatic heterocycles. The van der Waals surface area contributed by atoms with E-state index in [-0.39, 0.29) is 18.9 Å². The number of anilines is 1. The second-order valence-electron chi connectivity index (χ2n) is 6.30. The molecule has 0 aliphatic rings. The topological polar surface area (TPSA) is 92.5 Å². The summed E-state index contributed by atoms with van der Waals surface area (Å²) in [5, 5.41) is 2.67. The molecule has 2 aromatic rings. The molecule has 0 radical (unpaired) electrons. The summed E-state index contributed by atoms with van der Waals surface area (Å²) in [6.45, 7) is 2.82. The van der Waals surface area contributed by atoms with Gasteiger partial charge in [0.25, 0.3) is 5.91 Å². The van der Waals surface area contributed by atoms with Gasteiger partial charge in [0, 0.05) is 18.7 Å². The van der Waals surface area contributed by atoms with Gasteiger partial charge in [0.2, 0.25) is 11.7 Å². The lowest BCUT2D eigenvalue weighted by atomic mass is 10.0. The Balaban J connectivity index is 2.09. The highest BCUT2D eigenvalue weighted by Crippen LogP contribution is 2.13. The van der Waals surface area contributed by atoms with Crippen molar-refractivity contribution in [3.8, 4) is 0 Å². The Morgan fingerprint density at radius 1 is 1.00 bits per heavy atom. The summed E-state index contributed by atoms with van der Waals surface area (Å²) < 4.78 is 0. The maximum absolute atomic E-state index is 12.6. The number of rotatable bonds is 10. The van der Waals surface area contributed by atoms with Crippen LogP contribution < -0.4 is 16.0 Å². The molecule has 0 fully saturated rings. The van der Waals surface area contributed by atoms with Gasteiger partial charge in [0.05, 0.1) is 6.54 Å². The minimum Gasteiger partial charge on any atom is -0.363 e. The van der Waals surface area contributed by atoms with E-state index in [1.807, 2.05) is 72.5 Å². The summed E-state index contributed by atoms with van der Waals surface area (Å²) in [7, 11) is 0. The molecule has 2 aromatic carbocycles. The number of nitrogens with two attached hydrogens (primary N) is 1. The zero-order chi connectivity index (χ0) is 19.6. The Bertz CT molecular complexity index is 763. The van der Waals surface area contributed by atoms with E-state index in [0.29, 0.717) is 6.54 Å². The van der Waals surface area contributed by atoms with E-state index in [1.54, 1.807) is 0 Å². The Morgan fingerprint density at radius 3 is 2.15 bits per heavy atom. The Hall–Kier alpha value is -3.15. The zero-order valence-electron chi connectivity index (χ0n) is 15.4. The molecule has 27 heavy (non-hydrogen) atoms. The van der Waals surface area contributed by atoms with Crippen LogP contribution in [0.2, 0.25) is 0 Å². The highest BCUT2D eigenvalue weighted by molar-refractivity contribution is 6.37. The number of benzene rings is 2. The van der Waals surface area contributed by atoms with Gasteiger partial charge in [-0.15, -0.1) is 0 Å². The van der Waals surface area contributed by atoms with Crippen LogP contribution >= 0.6 is 0 Å². The number of carbonyl (C=O) groups excluding carboxylic acids is 3. The number of hydrogen-bond acceptors (Lipinski definition) is 4. The number of para-hydroxylation sites is 1. The molecular formula is C21H25N3O3. The van der Waals surface area contributed by atoms with Crippen molar-refractivity contribution in [3.63, 3.8) is 0 Å². The van der Waals surface area contributed by atoms with Crippen LogP contribution in [0.25, 0.3) is 0 Å². The molecule has 142 valence electrons. The molecule has 0 heterocycles. The molecule has 2 rings (SSSR count). The zero-order valence-corrected chi connectivity index (χ0v) is 15.4. The van der Waals surface area contributed by atoms with Crippen LogP contribution in [0.15, 0.2) is 60.7 Å². The van der Waals surface area contributed by atoms with Gasteiger partial charge in [-0.3, -0.25) is 14.4 Å². The van der Waals surface area contributed by atoms with Crippen molar-refractivity contribution in [1.29, 1.82) is 0 Å². The molecule has 1 atom stereocenters. The Kier molecular flexibility index (Phi) is 7.55. The lowest BCUT2D eigenvalue weighted by Gasteiger charge is -2.25. The quantitative estimate of drug-likeness (QED) is 0.625. The van der Waals surface area contributed by atoms with E-state index < -0.39 is 17.7 Å². The van der Waals surface area contributed by atoms with Gasteiger partial charge in [-0.2, -0.15) is 0 Å². The van der Waals surface area contributed by atoms with Crippen molar-refractivity contribution in [3.05, 3.63) is 66.2 Å². The minimum atomic E-state index is -1.05. The van der Waals surface area contributed by atoms with E-state index in [1.165, 1.54) is 0 Å². The van der Waals surface area contributed by atoms with Crippen LogP contribution in [-0.2, 0) is 20.8 Å². The molecular weight excluding hydrogens is 342 g/mol. The number of Topliss-reactive ketones (excluding diaryl/α,β-unsaturated/α-hetero) is 1. The minimum absolute atomic E-state index is 0.0924. The molecule has 3 N–H and O–H groups in total. The maximum Gasteiger partial charge on any atom is 0.287 e. The Labute approximate surface area is 159 Å². The average molecular weight is 367 g/mol. The van der Waals surface area contributed by atoms with Crippen molar-refractivity contribution in [2.45, 2.75) is 25.8 Å². The molecule has 0 aromatic heterocycles. The number of carbonyl (C=O) groups is 3. The SMILES string of the molecule is CCCN(CC(=O)NC(Cc1ccccc1)C(=O)C(N)=O)c1ccccc1. The van der Waals surface area contributed by atoms with Gasteiger partial charge < -0.3 is 16.0 Å². The van der Waals surface area contributed by atoms with Gasteiger partial charge in [-0.1, -0.05) is 55.5 Å². The van der Waals surface area contributed by atoms with Crippen molar-refractivity contribution >= 4 is 23.3 Å². The first-order valence-electron chi connectivity index (χ1n) is 8.98. The van der Waals surface area contributed by atoms with Crippen molar-refractivity contribution in [2.24, 2.45) is 5.73 Å². The highest BCUT2D eigenvalue weighted by Gasteiger charge is 2.26. The molecule has 0 spiro atoms. The van der Waals surface area contributed by atoms with Crippen molar-refractivity contribution < 1.29 is 14.4 Å². The van der Waals surface area contributed by atoms with Gasteiger partial charge in [-0.05, 0) is 24.1 Å². The van der Waals surface area contributed by atoms with Crippen LogP contribution in [0.1, 0.15) is 18.9 Å². The van der Waals surface area contributed by atoms with E-state index in [9.17, 15) is 14.4 Å². The van der Waals surface area contributed by atoms with E-state index in [2.05, 4.69) is 5.32 Å². The summed E-state index contributed by atoms with van der Waals surface area (Å²) in [5.41, 5.74) is 6.92. The average Bonchev–Trinajstić information content (AvgIpc) is 2.68. The fraction of sp³-hybridized carbons (Fsp3) is 0.286. The third-order valence-corrected chi connectivity index (χ3v) is 4.13. The van der Waals surface area contributed by atoms with E-state index in [0.717, 1.165) is 17.7 Å². The summed E-state index contributed by atoms with van der Waals surface area (Å²) in [4.78, 5) is 38.0. The number of nitrogens with zero attached hydrogens (tertiary/aromatic N) is 1. The van der Waals surface area contributed by atoms with Gasteiger partial charge >= 0.3 is 0 Å². The van der Waals surface area contributed by atoms with Gasteiger partial charge in [-0.25, -0.2) is 0 Å². The normalized spacial score (nSPS) is 11.4. The first kappa shape index (κ1) is 20.2. The van der Waals surface area contributed by atoms with Crippen LogP contribution in [0.3, 0.4) is 0 Å². The molecule has 0 saturated heterocycles. The second-order valence-corrected chi connectivity index (χ2v) is 6.30. The van der Waals surface area contributed by atoms with Crippen LogP contribution in [0.4, 0.5) is 5.69 Å². The largest absolute Gasteiger partial charge is 0.363 e. The monoisotopic (exact) mass is 367 g/mol. The standard InChI is InChI=1S/C21H25N3O3/c1-2-13-24(17-11-7-4-8-12-17)15-19(25)23-18(20(26)21(22)27)14-16-9-5-3-6-10-16/h3-12,18H,2,13-15H2,1H3,(H2,22,27)(H,23,25). The first-order valence-corrected chi connectivity index (χ1v) is 8.98. The predicted molar refractivity (Wildman–Crippen MR) is 105 cm³/mol. The molecule has 0 saturated carbocycles. The lowest BCUT2D eigenvalue weighted by molar-refractivity contribution is -0.138. The fourth-order valence-corrected chi connectivity index (χ4v) is 2.85. The molecule has 0 bridgehead atoms.